The summed E-state index contributed by atoms with van der Waals surface area (Å²) in [6.45, 7) is 0. The molecular formula is C96H62N6O2. The van der Waals surface area contributed by atoms with Crippen LogP contribution in [0.5, 0.6) is 0 Å². The van der Waals surface area contributed by atoms with Gasteiger partial charge in [-0.2, -0.15) is 0 Å². The quantitative estimate of drug-likeness (QED) is 0.106. The molecule has 0 atom stereocenters. The van der Waals surface area contributed by atoms with E-state index in [2.05, 4.69) is 337 Å². The Balaban J connectivity index is 0.754. The van der Waals surface area contributed by atoms with Crippen molar-refractivity contribution in [2.75, 3.05) is 9.80 Å². The van der Waals surface area contributed by atoms with Crippen molar-refractivity contribution in [3.05, 3.63) is 421 Å². The zero-order valence-corrected chi connectivity index (χ0v) is 56.3. The second kappa shape index (κ2) is 24.5. The molecule has 0 amide bonds. The number of anilines is 6. The predicted molar refractivity (Wildman–Crippen MR) is 420 cm³/mol. The molecule has 0 fully saturated rings. The summed E-state index contributed by atoms with van der Waals surface area (Å²) < 4.78 is 12.5. The van der Waals surface area contributed by atoms with Crippen LogP contribution in [0, 0.1) is 0 Å². The van der Waals surface area contributed by atoms with Crippen molar-refractivity contribution >= 4 is 67.4 Å². The van der Waals surface area contributed by atoms with Crippen LogP contribution >= 0.6 is 0 Å². The van der Waals surface area contributed by atoms with Crippen molar-refractivity contribution in [3.8, 4) is 67.7 Å². The van der Waals surface area contributed by atoms with Crippen LogP contribution in [0.2, 0.25) is 0 Å². The summed E-state index contributed by atoms with van der Waals surface area (Å²) in [6.07, 6.45) is 0. The normalized spacial score (nSPS) is 13.0. The zero-order chi connectivity index (χ0) is 68.7. The van der Waals surface area contributed by atoms with Crippen LogP contribution in [0.1, 0.15) is 44.5 Å². The van der Waals surface area contributed by atoms with Gasteiger partial charge in [0.1, 0.15) is 11.0 Å². The van der Waals surface area contributed by atoms with Crippen molar-refractivity contribution in [2.24, 2.45) is 0 Å². The summed E-state index contributed by atoms with van der Waals surface area (Å²) in [4.78, 5) is 25.9. The molecule has 0 spiro atoms. The second-order valence-electron chi connectivity index (χ2n) is 26.8. The number of para-hydroxylation sites is 8. The fourth-order valence-corrected chi connectivity index (χ4v) is 16.5. The van der Waals surface area contributed by atoms with Crippen LogP contribution in [-0.2, 0) is 10.8 Å². The molecule has 3 aromatic heterocycles. The van der Waals surface area contributed by atoms with Crippen molar-refractivity contribution in [1.29, 1.82) is 0 Å². The molecule has 488 valence electrons. The van der Waals surface area contributed by atoms with Crippen LogP contribution in [0.4, 0.5) is 34.1 Å². The first kappa shape index (κ1) is 60.2. The predicted octanol–water partition coefficient (Wildman–Crippen LogP) is 24.2. The standard InChI is InChI=1S/C96H62N6O2/c1-7-25-67(26-8-1)95(68-27-9-2-10-28-68)81-59-65(47-55-77(81)79-57-53-75(61-83(79)95)101(71-33-15-5-16-34-71)73-49-43-63(44-50-73)93-99-87-39-21-23-41-89(87)103-93)91-92(98-86-38-20-19-37-85(86)97-91)66-48-56-78-80-58-54-76(62-84(80)96(82(78)60-66,69-29-11-3-12-30-69)70-31-13-4-14-32-70)102(72-35-17-6-18-36-72)74-51-45-64(46-52-74)94-100-88-40-22-24-42-90(88)104-94/h1-62H. The number of hydrogen-bond donors (Lipinski definition) is 0. The number of fused-ring (bicyclic) bond motifs is 9. The van der Waals surface area contributed by atoms with Crippen molar-refractivity contribution in [1.82, 2.24) is 19.9 Å². The Labute approximate surface area is 601 Å². The summed E-state index contributed by atoms with van der Waals surface area (Å²) in [6, 6.07) is 135. The van der Waals surface area contributed by atoms with E-state index in [-0.39, 0.29) is 0 Å². The molecular weight excluding hydrogens is 1270 g/mol. The molecule has 2 aliphatic rings. The van der Waals surface area contributed by atoms with E-state index >= 15 is 0 Å². The van der Waals surface area contributed by atoms with E-state index in [0.717, 1.165) is 157 Å². The lowest BCUT2D eigenvalue weighted by Crippen LogP contribution is -2.29. The average Bonchev–Trinajstić information content (AvgIpc) is 1.53. The topological polar surface area (TPSA) is 84.3 Å². The maximum atomic E-state index is 6.27. The van der Waals surface area contributed by atoms with E-state index in [4.69, 9.17) is 28.8 Å². The number of aromatic nitrogens is 4. The van der Waals surface area contributed by atoms with Crippen LogP contribution in [0.15, 0.2) is 385 Å². The highest BCUT2D eigenvalue weighted by Crippen LogP contribution is 2.61. The molecule has 0 bridgehead atoms. The summed E-state index contributed by atoms with van der Waals surface area (Å²) in [5, 5.41) is 0. The minimum atomic E-state index is -0.793. The fourth-order valence-electron chi connectivity index (χ4n) is 16.5. The summed E-state index contributed by atoms with van der Waals surface area (Å²) >= 11 is 0. The van der Waals surface area contributed by atoms with Crippen LogP contribution in [-0.4, -0.2) is 19.9 Å². The Morgan fingerprint density at radius 2 is 0.481 bits per heavy atom. The maximum absolute atomic E-state index is 6.27. The molecule has 104 heavy (non-hydrogen) atoms. The maximum Gasteiger partial charge on any atom is 0.227 e. The second-order valence-corrected chi connectivity index (χ2v) is 26.8. The van der Waals surface area contributed by atoms with E-state index in [0.29, 0.717) is 11.8 Å². The van der Waals surface area contributed by atoms with Gasteiger partial charge in [-0.25, -0.2) is 19.9 Å². The first-order valence-corrected chi connectivity index (χ1v) is 35.2. The molecule has 8 nitrogen and oxygen atoms in total. The highest BCUT2D eigenvalue weighted by Gasteiger charge is 2.49. The number of oxazole rings is 2. The van der Waals surface area contributed by atoms with Crippen molar-refractivity contribution in [2.45, 2.75) is 10.8 Å². The largest absolute Gasteiger partial charge is 0.436 e. The Morgan fingerprint density at radius 3 is 0.827 bits per heavy atom. The molecule has 20 rings (SSSR count). The fraction of sp³-hybridized carbons (Fsp3) is 0.0208. The number of rotatable bonds is 14. The van der Waals surface area contributed by atoms with E-state index in [1.807, 2.05) is 48.5 Å². The molecule has 2 aliphatic carbocycles. The Kier molecular flexibility index (Phi) is 14.2. The molecule has 8 heteroatoms. The highest BCUT2D eigenvalue weighted by atomic mass is 16.4. The van der Waals surface area contributed by atoms with Gasteiger partial charge in [-0.3, -0.25) is 0 Å². The van der Waals surface area contributed by atoms with Gasteiger partial charge in [-0.15, -0.1) is 0 Å². The molecule has 3 heterocycles. The minimum Gasteiger partial charge on any atom is -0.436 e. The lowest BCUT2D eigenvalue weighted by Gasteiger charge is -2.35. The zero-order valence-electron chi connectivity index (χ0n) is 56.3. The smallest absolute Gasteiger partial charge is 0.227 e. The number of hydrogen-bond acceptors (Lipinski definition) is 8. The third kappa shape index (κ3) is 9.68. The summed E-state index contributed by atoms with van der Waals surface area (Å²) in [5.41, 5.74) is 28.5. The first-order valence-electron chi connectivity index (χ1n) is 35.2. The summed E-state index contributed by atoms with van der Waals surface area (Å²) in [7, 11) is 0. The molecule has 15 aromatic carbocycles. The molecule has 18 aromatic rings. The minimum absolute atomic E-state index is 0.585. The van der Waals surface area contributed by atoms with Gasteiger partial charge in [0.05, 0.1) is 33.3 Å². The van der Waals surface area contributed by atoms with E-state index in [9.17, 15) is 0 Å². The molecule has 0 N–H and O–H groups in total. The number of benzene rings is 15. The van der Waals surface area contributed by atoms with Gasteiger partial charge in [0, 0.05) is 56.4 Å². The van der Waals surface area contributed by atoms with Gasteiger partial charge < -0.3 is 18.6 Å². The van der Waals surface area contributed by atoms with E-state index in [1.54, 1.807) is 0 Å². The van der Waals surface area contributed by atoms with Crippen molar-refractivity contribution in [3.63, 3.8) is 0 Å². The first-order chi connectivity index (χ1) is 51.5. The van der Waals surface area contributed by atoms with Crippen molar-refractivity contribution < 1.29 is 8.83 Å². The van der Waals surface area contributed by atoms with Gasteiger partial charge in [-0.1, -0.05) is 231 Å². The molecule has 0 saturated carbocycles. The van der Waals surface area contributed by atoms with Crippen LogP contribution in [0.25, 0.3) is 101 Å². The average molecular weight is 1330 g/mol. The van der Waals surface area contributed by atoms with Gasteiger partial charge in [-0.05, 0) is 212 Å². The molecule has 0 radical (unpaired) electrons. The Bertz CT molecular complexity index is 5750. The third-order valence-electron chi connectivity index (χ3n) is 21.1. The Morgan fingerprint density at radius 1 is 0.212 bits per heavy atom. The van der Waals surface area contributed by atoms with E-state index < -0.39 is 10.8 Å². The van der Waals surface area contributed by atoms with Gasteiger partial charge in [0.15, 0.2) is 11.2 Å². The van der Waals surface area contributed by atoms with Gasteiger partial charge >= 0.3 is 0 Å². The van der Waals surface area contributed by atoms with Gasteiger partial charge in [0.25, 0.3) is 0 Å². The van der Waals surface area contributed by atoms with Gasteiger partial charge in [0.2, 0.25) is 11.8 Å². The van der Waals surface area contributed by atoms with Crippen LogP contribution in [0.3, 0.4) is 0 Å². The summed E-state index contributed by atoms with van der Waals surface area (Å²) in [5.74, 6) is 1.17. The molecule has 0 saturated heterocycles. The monoisotopic (exact) mass is 1330 g/mol. The highest BCUT2D eigenvalue weighted by molar-refractivity contribution is 5.96. The SMILES string of the molecule is c1ccc(N(c2ccc(-c3nc4ccccc4o3)cc2)c2ccc3c(c2)C(c2ccccc2)(c2ccccc2)c2cc(-c4nc5ccccc5nc4-c4ccc5c(c4)C(c4ccccc4)(c4ccccc4)c4cc(N(c6ccccc6)c6ccc(-c7nc8ccccc8o7)cc6)ccc4-5)ccc2-3)cc1. The third-order valence-corrected chi connectivity index (χ3v) is 21.1. The van der Waals surface area contributed by atoms with Crippen LogP contribution < -0.4 is 9.80 Å². The molecule has 0 aliphatic heterocycles. The lowest BCUT2D eigenvalue weighted by atomic mass is 9.67. The van der Waals surface area contributed by atoms with E-state index in [1.165, 1.54) is 11.1 Å². The lowest BCUT2D eigenvalue weighted by molar-refractivity contribution is 0.619. The Hall–Kier alpha value is -13.8. The molecule has 0 unspecified atom stereocenters. The number of nitrogens with zero attached hydrogens (tertiary/aromatic N) is 6.